The molecule has 4 fully saturated rings. The van der Waals surface area contributed by atoms with Crippen molar-refractivity contribution in [3.8, 4) is 0 Å². The van der Waals surface area contributed by atoms with Crippen LogP contribution in [0.5, 0.6) is 0 Å². The molecule has 6 N–H and O–H groups in total. The van der Waals surface area contributed by atoms with Crippen LogP contribution in [-0.2, 0) is 14.6 Å². The lowest BCUT2D eigenvalue weighted by Gasteiger charge is -2.62. The topological polar surface area (TPSA) is 134 Å². The van der Waals surface area contributed by atoms with Crippen molar-refractivity contribution in [3.63, 3.8) is 0 Å². The summed E-state index contributed by atoms with van der Waals surface area (Å²) in [6.45, 7) is 10.9. The molecule has 0 saturated heterocycles. The Labute approximate surface area is 231 Å². The van der Waals surface area contributed by atoms with Gasteiger partial charge < -0.3 is 21.5 Å². The fourth-order valence-corrected chi connectivity index (χ4v) is 10.1. The quantitative estimate of drug-likeness (QED) is 0.171. The zero-order valence-electron chi connectivity index (χ0n) is 24.0. The molecule has 4 aliphatic rings. The monoisotopic (exact) mass is 557 g/mol. The van der Waals surface area contributed by atoms with Crippen LogP contribution in [0.3, 0.4) is 0 Å². The maximum atomic E-state index is 11.6. The first-order valence-corrected chi connectivity index (χ1v) is 16.8. The van der Waals surface area contributed by atoms with Gasteiger partial charge in [0.05, 0.1) is 12.7 Å². The summed E-state index contributed by atoms with van der Waals surface area (Å²) in [4.78, 5) is 0. The van der Waals surface area contributed by atoms with Gasteiger partial charge in [-0.05, 0) is 143 Å². The van der Waals surface area contributed by atoms with Crippen molar-refractivity contribution in [2.24, 2.45) is 52.1 Å². The molecule has 0 aliphatic heterocycles. The molecular formula is C29H55N3O5S. The molecule has 0 heterocycles. The molecule has 4 saturated carbocycles. The van der Waals surface area contributed by atoms with E-state index in [2.05, 4.69) is 31.4 Å². The minimum absolute atomic E-state index is 0.0288. The van der Waals surface area contributed by atoms with Crippen LogP contribution in [0.25, 0.3) is 0 Å². The lowest BCUT2D eigenvalue weighted by atomic mass is 9.43. The predicted molar refractivity (Wildman–Crippen MR) is 151 cm³/mol. The standard InChI is InChI=1S/C29H55N3O5S/c1-20(19-37-38(34,35)36)23-7-8-24-27-25(10-12-29(23,24)3)28(2)11-9-22(17-21(28)18-26(27)33)32-16-6-15-31-14-5-4-13-30/h20-27,31-33H,4-19,30H2,1-3H3,(H,34,35,36)/t20-,21-,22+,23?,24+,25?,26-,27?,28+,29-/m1/s1. The van der Waals surface area contributed by atoms with Gasteiger partial charge in [0.2, 0.25) is 0 Å². The van der Waals surface area contributed by atoms with Crippen LogP contribution in [0.4, 0.5) is 0 Å². The lowest BCUT2D eigenvalue weighted by molar-refractivity contribution is -0.167. The first-order chi connectivity index (χ1) is 18.0. The van der Waals surface area contributed by atoms with Crippen LogP contribution >= 0.6 is 0 Å². The van der Waals surface area contributed by atoms with Crippen molar-refractivity contribution < 1.29 is 22.3 Å². The average Bonchev–Trinajstić information content (AvgIpc) is 3.21. The molecule has 0 bridgehead atoms. The van der Waals surface area contributed by atoms with Crippen molar-refractivity contribution >= 4 is 10.4 Å². The number of aliphatic hydroxyl groups excluding tert-OH is 1. The van der Waals surface area contributed by atoms with E-state index >= 15 is 0 Å². The van der Waals surface area contributed by atoms with Gasteiger partial charge in [-0.15, -0.1) is 0 Å². The van der Waals surface area contributed by atoms with Crippen molar-refractivity contribution in [2.45, 2.75) is 104 Å². The number of hydrogen-bond acceptors (Lipinski definition) is 7. The first kappa shape index (κ1) is 30.7. The Kier molecular flexibility index (Phi) is 10.2. The van der Waals surface area contributed by atoms with E-state index in [-0.39, 0.29) is 24.0 Å². The number of hydrogen-bond donors (Lipinski definition) is 5. The van der Waals surface area contributed by atoms with Crippen molar-refractivity contribution in [2.75, 3.05) is 32.8 Å². The zero-order valence-corrected chi connectivity index (χ0v) is 24.9. The molecule has 0 spiro atoms. The second-order valence-corrected chi connectivity index (χ2v) is 14.8. The summed E-state index contributed by atoms with van der Waals surface area (Å²) >= 11 is 0. The van der Waals surface area contributed by atoms with E-state index in [0.29, 0.717) is 41.0 Å². The van der Waals surface area contributed by atoms with Crippen molar-refractivity contribution in [3.05, 3.63) is 0 Å². The van der Waals surface area contributed by atoms with Crippen molar-refractivity contribution in [1.82, 2.24) is 10.6 Å². The summed E-state index contributed by atoms with van der Waals surface area (Å²) in [5.74, 6) is 2.35. The minimum Gasteiger partial charge on any atom is -0.393 e. The van der Waals surface area contributed by atoms with Crippen LogP contribution in [0.15, 0.2) is 0 Å². The molecule has 0 aromatic carbocycles. The van der Waals surface area contributed by atoms with Gasteiger partial charge >= 0.3 is 10.4 Å². The summed E-state index contributed by atoms with van der Waals surface area (Å²) in [6, 6.07) is 0.558. The molecule has 9 heteroatoms. The number of nitrogens with one attached hydrogen (secondary N) is 2. The number of rotatable bonds is 13. The largest absolute Gasteiger partial charge is 0.397 e. The van der Waals surface area contributed by atoms with Crippen LogP contribution in [0.1, 0.15) is 91.4 Å². The van der Waals surface area contributed by atoms with Gasteiger partial charge in [0.1, 0.15) is 0 Å². The molecule has 10 atom stereocenters. The Hall–Kier alpha value is -0.290. The highest BCUT2D eigenvalue weighted by Crippen LogP contribution is 2.68. The Morgan fingerprint density at radius 3 is 2.42 bits per heavy atom. The third-order valence-electron chi connectivity index (χ3n) is 11.7. The number of nitrogens with two attached hydrogens (primary N) is 1. The Balaban J connectivity index is 1.32. The third-order valence-corrected chi connectivity index (χ3v) is 12.1. The molecule has 0 aromatic heterocycles. The summed E-state index contributed by atoms with van der Waals surface area (Å²) in [7, 11) is -4.42. The molecule has 0 aromatic rings. The minimum atomic E-state index is -4.42. The Bertz CT molecular complexity index is 874. The van der Waals surface area contributed by atoms with E-state index in [1.165, 1.54) is 19.3 Å². The second kappa shape index (κ2) is 12.7. The second-order valence-electron chi connectivity index (χ2n) is 13.7. The van der Waals surface area contributed by atoms with Crippen molar-refractivity contribution in [1.29, 1.82) is 0 Å². The molecule has 4 rings (SSSR count). The number of fused-ring (bicyclic) bond motifs is 5. The number of aliphatic hydroxyl groups is 1. The molecule has 38 heavy (non-hydrogen) atoms. The maximum Gasteiger partial charge on any atom is 0.397 e. The molecule has 0 radical (unpaired) electrons. The van der Waals surface area contributed by atoms with E-state index in [9.17, 15) is 13.5 Å². The van der Waals surface area contributed by atoms with Crippen LogP contribution in [0, 0.1) is 46.3 Å². The molecule has 8 nitrogen and oxygen atoms in total. The smallest absolute Gasteiger partial charge is 0.393 e. The van der Waals surface area contributed by atoms with Gasteiger partial charge in [-0.3, -0.25) is 4.55 Å². The zero-order chi connectivity index (χ0) is 27.6. The SMILES string of the molecule is C[C@H](COS(=O)(=O)O)C1CC[C@H]2C3C(CC[C@]12C)[C@@]1(C)CC[C@H](NCCCNCCCCN)C[C@@H]1C[C@H]3O. The molecular weight excluding hydrogens is 502 g/mol. The van der Waals surface area contributed by atoms with E-state index in [1.54, 1.807) is 0 Å². The first-order valence-electron chi connectivity index (χ1n) is 15.4. The molecule has 3 unspecified atom stereocenters. The van der Waals surface area contributed by atoms with E-state index in [1.807, 2.05) is 0 Å². The van der Waals surface area contributed by atoms with Gasteiger partial charge in [-0.25, -0.2) is 4.18 Å². The Morgan fingerprint density at radius 1 is 0.974 bits per heavy atom. The maximum absolute atomic E-state index is 11.6. The Morgan fingerprint density at radius 2 is 1.68 bits per heavy atom. The predicted octanol–water partition coefficient (Wildman–Crippen LogP) is 3.75. The van der Waals surface area contributed by atoms with Gasteiger partial charge in [-0.2, -0.15) is 8.42 Å². The van der Waals surface area contributed by atoms with Crippen LogP contribution in [0.2, 0.25) is 0 Å². The molecule has 0 amide bonds. The summed E-state index contributed by atoms with van der Waals surface area (Å²) < 4.78 is 36.2. The van der Waals surface area contributed by atoms with Crippen LogP contribution in [-0.4, -0.2) is 63.0 Å². The average molecular weight is 558 g/mol. The summed E-state index contributed by atoms with van der Waals surface area (Å²) in [6.07, 6.45) is 12.1. The van der Waals surface area contributed by atoms with Gasteiger partial charge in [0, 0.05) is 6.04 Å². The third kappa shape index (κ3) is 6.60. The number of unbranched alkanes of at least 4 members (excludes halogenated alkanes) is 1. The lowest BCUT2D eigenvalue weighted by Crippen LogP contribution is -2.59. The fourth-order valence-electron chi connectivity index (χ4n) is 9.73. The highest BCUT2D eigenvalue weighted by atomic mass is 32.3. The fraction of sp³-hybridized carbons (Fsp3) is 1.00. The molecule has 222 valence electrons. The van der Waals surface area contributed by atoms with E-state index in [4.69, 9.17) is 14.5 Å². The molecule has 4 aliphatic carbocycles. The van der Waals surface area contributed by atoms with E-state index in [0.717, 1.165) is 77.5 Å². The normalized spacial score (nSPS) is 41.8. The highest BCUT2D eigenvalue weighted by Gasteiger charge is 2.62. The summed E-state index contributed by atoms with van der Waals surface area (Å²) in [5.41, 5.74) is 5.94. The van der Waals surface area contributed by atoms with Crippen LogP contribution < -0.4 is 16.4 Å². The highest BCUT2D eigenvalue weighted by molar-refractivity contribution is 7.80. The van der Waals surface area contributed by atoms with Gasteiger partial charge in [0.25, 0.3) is 0 Å². The van der Waals surface area contributed by atoms with Gasteiger partial charge in [-0.1, -0.05) is 20.8 Å². The van der Waals surface area contributed by atoms with Gasteiger partial charge in [0.15, 0.2) is 0 Å². The summed E-state index contributed by atoms with van der Waals surface area (Å²) in [5, 5.41) is 18.9. The van der Waals surface area contributed by atoms with E-state index < -0.39 is 10.4 Å².